The molecule has 6 nitrogen and oxygen atoms in total. The number of methoxy groups -OCH3 is 1. The molecule has 1 amide bonds. The van der Waals surface area contributed by atoms with Crippen LogP contribution in [0.2, 0.25) is 0 Å². The van der Waals surface area contributed by atoms with E-state index in [1.165, 1.54) is 0 Å². The second kappa shape index (κ2) is 7.51. The molecule has 0 radical (unpaired) electrons. The number of carbonyl (C=O) groups is 1. The number of aromatic nitrogens is 2. The summed E-state index contributed by atoms with van der Waals surface area (Å²) in [4.78, 5) is 25.3. The van der Waals surface area contributed by atoms with Crippen molar-refractivity contribution >= 4 is 11.9 Å². The number of benzene rings is 1. The lowest BCUT2D eigenvalue weighted by atomic mass is 9.99. The smallest absolute Gasteiger partial charge is 0.227 e. The molecule has 6 heteroatoms. The number of anilines is 1. The van der Waals surface area contributed by atoms with Gasteiger partial charge in [-0.1, -0.05) is 6.07 Å². The molecule has 1 fully saturated rings. The zero-order valence-electron chi connectivity index (χ0n) is 15.0. The van der Waals surface area contributed by atoms with Crippen molar-refractivity contribution in [1.82, 2.24) is 14.9 Å². The molecule has 1 aromatic carbocycles. The SMILES string of the molecule is COc1ccc(CC(=O)N2CCN(c3ncccn3)CC2)c(C)c1C. The van der Waals surface area contributed by atoms with Crippen LogP contribution in [0.1, 0.15) is 16.7 Å². The predicted octanol–water partition coefficient (Wildman–Crippen LogP) is 1.99. The van der Waals surface area contributed by atoms with Crippen LogP contribution in [-0.2, 0) is 11.2 Å². The third-order valence-electron chi connectivity index (χ3n) is 4.88. The quantitative estimate of drug-likeness (QED) is 0.852. The molecule has 3 rings (SSSR count). The molecule has 2 heterocycles. The second-order valence-corrected chi connectivity index (χ2v) is 6.27. The van der Waals surface area contributed by atoms with Crippen molar-refractivity contribution in [3.8, 4) is 5.75 Å². The highest BCUT2D eigenvalue weighted by Crippen LogP contribution is 2.24. The fraction of sp³-hybridized carbons (Fsp3) is 0.421. The van der Waals surface area contributed by atoms with Gasteiger partial charge in [0, 0.05) is 38.6 Å². The number of ether oxygens (including phenoxy) is 1. The van der Waals surface area contributed by atoms with Crippen LogP contribution in [0.5, 0.6) is 5.75 Å². The van der Waals surface area contributed by atoms with E-state index in [2.05, 4.69) is 14.9 Å². The maximum absolute atomic E-state index is 12.7. The number of hydrogen-bond acceptors (Lipinski definition) is 5. The van der Waals surface area contributed by atoms with E-state index < -0.39 is 0 Å². The molecule has 0 bridgehead atoms. The fourth-order valence-corrected chi connectivity index (χ4v) is 3.15. The molecule has 1 aliphatic heterocycles. The Kier molecular flexibility index (Phi) is 5.16. The summed E-state index contributed by atoms with van der Waals surface area (Å²) in [5, 5.41) is 0. The van der Waals surface area contributed by atoms with Crippen molar-refractivity contribution in [2.24, 2.45) is 0 Å². The number of amides is 1. The lowest BCUT2D eigenvalue weighted by molar-refractivity contribution is -0.130. The molecule has 132 valence electrons. The van der Waals surface area contributed by atoms with E-state index in [4.69, 9.17) is 4.74 Å². The predicted molar refractivity (Wildman–Crippen MR) is 97.0 cm³/mol. The molecule has 0 N–H and O–H groups in total. The van der Waals surface area contributed by atoms with Gasteiger partial charge in [0.25, 0.3) is 0 Å². The number of carbonyl (C=O) groups excluding carboxylic acids is 1. The molecule has 2 aromatic rings. The minimum Gasteiger partial charge on any atom is -0.496 e. The van der Waals surface area contributed by atoms with Crippen LogP contribution < -0.4 is 9.64 Å². The van der Waals surface area contributed by atoms with Gasteiger partial charge in [-0.25, -0.2) is 9.97 Å². The second-order valence-electron chi connectivity index (χ2n) is 6.27. The van der Waals surface area contributed by atoms with Gasteiger partial charge < -0.3 is 14.5 Å². The van der Waals surface area contributed by atoms with Crippen LogP contribution in [0, 0.1) is 13.8 Å². The van der Waals surface area contributed by atoms with Gasteiger partial charge in [0.15, 0.2) is 0 Å². The fourth-order valence-electron chi connectivity index (χ4n) is 3.15. The van der Waals surface area contributed by atoms with Gasteiger partial charge in [-0.3, -0.25) is 4.79 Å². The summed E-state index contributed by atoms with van der Waals surface area (Å²) in [5.74, 6) is 1.77. The summed E-state index contributed by atoms with van der Waals surface area (Å²) < 4.78 is 5.34. The molecule has 1 aliphatic rings. The molecular formula is C19H24N4O2. The highest BCUT2D eigenvalue weighted by atomic mass is 16.5. The largest absolute Gasteiger partial charge is 0.496 e. The first-order chi connectivity index (χ1) is 12.1. The first-order valence-corrected chi connectivity index (χ1v) is 8.53. The van der Waals surface area contributed by atoms with E-state index >= 15 is 0 Å². The summed E-state index contributed by atoms with van der Waals surface area (Å²) in [6.07, 6.45) is 3.92. The third kappa shape index (κ3) is 3.73. The Morgan fingerprint density at radius 1 is 1.08 bits per heavy atom. The molecule has 0 spiro atoms. The van der Waals surface area contributed by atoms with Crippen LogP contribution in [0.15, 0.2) is 30.6 Å². The van der Waals surface area contributed by atoms with E-state index in [-0.39, 0.29) is 5.91 Å². The van der Waals surface area contributed by atoms with Crippen LogP contribution in [0.4, 0.5) is 5.95 Å². The maximum Gasteiger partial charge on any atom is 0.227 e. The Morgan fingerprint density at radius 3 is 2.40 bits per heavy atom. The van der Waals surface area contributed by atoms with Gasteiger partial charge in [0.05, 0.1) is 13.5 Å². The summed E-state index contributed by atoms with van der Waals surface area (Å²) in [5.41, 5.74) is 3.29. The van der Waals surface area contributed by atoms with Crippen LogP contribution in [0.3, 0.4) is 0 Å². The van der Waals surface area contributed by atoms with Crippen LogP contribution >= 0.6 is 0 Å². The first kappa shape index (κ1) is 17.2. The van der Waals surface area contributed by atoms with E-state index in [1.54, 1.807) is 19.5 Å². The van der Waals surface area contributed by atoms with E-state index in [9.17, 15) is 4.79 Å². The molecule has 0 aliphatic carbocycles. The van der Waals surface area contributed by atoms with Crippen molar-refractivity contribution in [3.05, 3.63) is 47.3 Å². The zero-order chi connectivity index (χ0) is 17.8. The minimum atomic E-state index is 0.168. The zero-order valence-corrected chi connectivity index (χ0v) is 15.0. The van der Waals surface area contributed by atoms with Gasteiger partial charge in [-0.05, 0) is 42.7 Å². The average molecular weight is 340 g/mol. The van der Waals surface area contributed by atoms with E-state index in [0.29, 0.717) is 19.5 Å². The highest BCUT2D eigenvalue weighted by molar-refractivity contribution is 5.79. The molecule has 0 unspecified atom stereocenters. The van der Waals surface area contributed by atoms with E-state index in [0.717, 1.165) is 41.5 Å². The Bertz CT molecular complexity index is 741. The average Bonchev–Trinajstić information content (AvgIpc) is 2.66. The molecule has 1 saturated heterocycles. The number of hydrogen-bond donors (Lipinski definition) is 0. The summed E-state index contributed by atoms with van der Waals surface area (Å²) in [7, 11) is 1.67. The Balaban J connectivity index is 1.61. The molecule has 1 aromatic heterocycles. The summed E-state index contributed by atoms with van der Waals surface area (Å²) >= 11 is 0. The van der Waals surface area contributed by atoms with Crippen molar-refractivity contribution in [1.29, 1.82) is 0 Å². The maximum atomic E-state index is 12.7. The van der Waals surface area contributed by atoms with Crippen molar-refractivity contribution in [2.45, 2.75) is 20.3 Å². The van der Waals surface area contributed by atoms with Crippen LogP contribution in [0.25, 0.3) is 0 Å². The lowest BCUT2D eigenvalue weighted by Crippen LogP contribution is -2.49. The van der Waals surface area contributed by atoms with Gasteiger partial charge in [-0.2, -0.15) is 0 Å². The number of nitrogens with zero attached hydrogens (tertiary/aromatic N) is 4. The van der Waals surface area contributed by atoms with Gasteiger partial charge in [0.2, 0.25) is 11.9 Å². The topological polar surface area (TPSA) is 58.6 Å². The van der Waals surface area contributed by atoms with Gasteiger partial charge in [0.1, 0.15) is 5.75 Å². The third-order valence-corrected chi connectivity index (χ3v) is 4.88. The molecule has 0 saturated carbocycles. The number of piperazine rings is 1. The van der Waals surface area contributed by atoms with Crippen molar-refractivity contribution < 1.29 is 9.53 Å². The van der Waals surface area contributed by atoms with Gasteiger partial charge in [-0.15, -0.1) is 0 Å². The Hall–Kier alpha value is -2.63. The standard InChI is InChI=1S/C19H24N4O2/c1-14-15(2)17(25-3)6-5-16(14)13-18(24)22-9-11-23(12-10-22)19-20-7-4-8-21-19/h4-8H,9-13H2,1-3H3. The normalized spacial score (nSPS) is 14.5. The van der Waals surface area contributed by atoms with Gasteiger partial charge >= 0.3 is 0 Å². The molecule has 0 atom stereocenters. The molecule has 25 heavy (non-hydrogen) atoms. The van der Waals surface area contributed by atoms with Crippen molar-refractivity contribution in [3.63, 3.8) is 0 Å². The van der Waals surface area contributed by atoms with E-state index in [1.807, 2.05) is 36.9 Å². The summed E-state index contributed by atoms with van der Waals surface area (Å²) in [6.45, 7) is 7.00. The Morgan fingerprint density at radius 2 is 1.76 bits per heavy atom. The van der Waals surface area contributed by atoms with Crippen LogP contribution in [-0.4, -0.2) is 54.1 Å². The Labute approximate surface area is 148 Å². The first-order valence-electron chi connectivity index (χ1n) is 8.53. The minimum absolute atomic E-state index is 0.168. The molecular weight excluding hydrogens is 316 g/mol. The highest BCUT2D eigenvalue weighted by Gasteiger charge is 2.23. The summed E-state index contributed by atoms with van der Waals surface area (Å²) in [6, 6.07) is 5.74. The number of rotatable bonds is 4. The van der Waals surface area contributed by atoms with Crippen molar-refractivity contribution in [2.75, 3.05) is 38.2 Å². The lowest BCUT2D eigenvalue weighted by Gasteiger charge is -2.34. The monoisotopic (exact) mass is 340 g/mol.